The summed E-state index contributed by atoms with van der Waals surface area (Å²) in [7, 11) is 1.60. The van der Waals surface area contributed by atoms with Crippen LogP contribution in [0.1, 0.15) is 48.6 Å². The Morgan fingerprint density at radius 3 is 2.87 bits per heavy atom. The summed E-state index contributed by atoms with van der Waals surface area (Å²) < 4.78 is 1.84. The van der Waals surface area contributed by atoms with Gasteiger partial charge in [0.25, 0.3) is 5.91 Å². The first kappa shape index (κ1) is 10.1. The maximum Gasteiger partial charge on any atom is 0.273 e. The van der Waals surface area contributed by atoms with Gasteiger partial charge >= 0.3 is 0 Å². The standard InChI is InChI=1S/C10H16N4O/c1-11-10(15)9-7-14(13-12-9)8-5-3-2-4-6-8/h7-8H,2-6H2,1H3,(H,11,15). The van der Waals surface area contributed by atoms with Crippen LogP contribution in [0.5, 0.6) is 0 Å². The molecule has 0 aliphatic heterocycles. The predicted molar refractivity (Wildman–Crippen MR) is 55.5 cm³/mol. The van der Waals surface area contributed by atoms with E-state index in [4.69, 9.17) is 0 Å². The maximum absolute atomic E-state index is 11.3. The summed E-state index contributed by atoms with van der Waals surface area (Å²) in [5.74, 6) is -0.169. The average molecular weight is 208 g/mol. The van der Waals surface area contributed by atoms with Gasteiger partial charge in [0.1, 0.15) is 0 Å². The lowest BCUT2D eigenvalue weighted by atomic mass is 9.96. The smallest absolute Gasteiger partial charge is 0.273 e. The summed E-state index contributed by atoms with van der Waals surface area (Å²) >= 11 is 0. The van der Waals surface area contributed by atoms with Gasteiger partial charge in [-0.05, 0) is 12.8 Å². The zero-order valence-electron chi connectivity index (χ0n) is 8.94. The van der Waals surface area contributed by atoms with Crippen molar-refractivity contribution in [1.29, 1.82) is 0 Å². The number of carbonyl (C=O) groups is 1. The van der Waals surface area contributed by atoms with Crippen molar-refractivity contribution in [3.8, 4) is 0 Å². The molecule has 1 heterocycles. The molecule has 1 aliphatic rings. The molecule has 0 spiro atoms. The minimum Gasteiger partial charge on any atom is -0.354 e. The third kappa shape index (κ3) is 2.16. The molecule has 82 valence electrons. The van der Waals surface area contributed by atoms with Gasteiger partial charge in [0, 0.05) is 7.05 Å². The van der Waals surface area contributed by atoms with Crippen molar-refractivity contribution in [2.45, 2.75) is 38.1 Å². The van der Waals surface area contributed by atoms with Crippen LogP contribution in [0.25, 0.3) is 0 Å². The topological polar surface area (TPSA) is 59.8 Å². The van der Waals surface area contributed by atoms with E-state index in [9.17, 15) is 4.79 Å². The molecule has 0 saturated heterocycles. The molecular weight excluding hydrogens is 192 g/mol. The van der Waals surface area contributed by atoms with Crippen molar-refractivity contribution in [3.63, 3.8) is 0 Å². The van der Waals surface area contributed by atoms with E-state index in [-0.39, 0.29) is 5.91 Å². The minimum atomic E-state index is -0.169. The molecule has 0 radical (unpaired) electrons. The van der Waals surface area contributed by atoms with Gasteiger partial charge in [0.2, 0.25) is 0 Å². The van der Waals surface area contributed by atoms with Gasteiger partial charge in [-0.25, -0.2) is 4.68 Å². The first-order valence-electron chi connectivity index (χ1n) is 5.45. The number of hydrogen-bond acceptors (Lipinski definition) is 3. The second kappa shape index (κ2) is 4.42. The zero-order chi connectivity index (χ0) is 10.7. The highest BCUT2D eigenvalue weighted by Gasteiger charge is 2.18. The summed E-state index contributed by atoms with van der Waals surface area (Å²) in [5, 5.41) is 10.4. The molecule has 1 aliphatic carbocycles. The number of nitrogens with one attached hydrogen (secondary N) is 1. The number of hydrogen-bond donors (Lipinski definition) is 1. The molecule has 1 amide bonds. The van der Waals surface area contributed by atoms with Crippen LogP contribution in [0, 0.1) is 0 Å². The molecule has 15 heavy (non-hydrogen) atoms. The first-order valence-corrected chi connectivity index (χ1v) is 5.45. The molecule has 0 atom stereocenters. The zero-order valence-corrected chi connectivity index (χ0v) is 8.94. The van der Waals surface area contributed by atoms with Crippen molar-refractivity contribution < 1.29 is 4.79 Å². The quantitative estimate of drug-likeness (QED) is 0.793. The van der Waals surface area contributed by atoms with Gasteiger partial charge in [-0.3, -0.25) is 4.79 Å². The van der Waals surface area contributed by atoms with Crippen LogP contribution in [0.3, 0.4) is 0 Å². The molecule has 1 saturated carbocycles. The van der Waals surface area contributed by atoms with Crippen LogP contribution >= 0.6 is 0 Å². The molecule has 5 nitrogen and oxygen atoms in total. The molecule has 5 heteroatoms. The molecule has 1 N–H and O–H groups in total. The highest BCUT2D eigenvalue weighted by atomic mass is 16.1. The average Bonchev–Trinajstić information content (AvgIpc) is 2.78. The van der Waals surface area contributed by atoms with Crippen molar-refractivity contribution >= 4 is 5.91 Å². The number of amides is 1. The number of carbonyl (C=O) groups excluding carboxylic acids is 1. The van der Waals surface area contributed by atoms with Gasteiger partial charge in [0.05, 0.1) is 12.2 Å². The van der Waals surface area contributed by atoms with Crippen LogP contribution in [0.4, 0.5) is 0 Å². The lowest BCUT2D eigenvalue weighted by Crippen LogP contribution is -2.18. The van der Waals surface area contributed by atoms with Crippen LogP contribution in [-0.2, 0) is 0 Å². The van der Waals surface area contributed by atoms with E-state index in [0.29, 0.717) is 11.7 Å². The van der Waals surface area contributed by atoms with Gasteiger partial charge in [-0.1, -0.05) is 24.5 Å². The van der Waals surface area contributed by atoms with E-state index in [2.05, 4.69) is 15.6 Å². The Labute approximate surface area is 88.9 Å². The summed E-state index contributed by atoms with van der Waals surface area (Å²) in [6, 6.07) is 0.435. The van der Waals surface area contributed by atoms with Crippen LogP contribution in [0.15, 0.2) is 6.20 Å². The predicted octanol–water partition coefficient (Wildman–Crippen LogP) is 1.14. The Morgan fingerprint density at radius 1 is 1.47 bits per heavy atom. The number of nitrogens with zero attached hydrogens (tertiary/aromatic N) is 3. The molecule has 0 bridgehead atoms. The fraction of sp³-hybridized carbons (Fsp3) is 0.700. The highest BCUT2D eigenvalue weighted by Crippen LogP contribution is 2.27. The van der Waals surface area contributed by atoms with Crippen molar-refractivity contribution in [3.05, 3.63) is 11.9 Å². The van der Waals surface area contributed by atoms with Crippen LogP contribution in [0.2, 0.25) is 0 Å². The highest BCUT2D eigenvalue weighted by molar-refractivity contribution is 5.91. The number of rotatable bonds is 2. The van der Waals surface area contributed by atoms with E-state index in [1.54, 1.807) is 13.2 Å². The second-order valence-electron chi connectivity index (χ2n) is 3.95. The summed E-state index contributed by atoms with van der Waals surface area (Å²) in [4.78, 5) is 11.3. The summed E-state index contributed by atoms with van der Waals surface area (Å²) in [6.07, 6.45) is 7.86. The fourth-order valence-electron chi connectivity index (χ4n) is 2.03. The van der Waals surface area contributed by atoms with Crippen LogP contribution < -0.4 is 5.32 Å². The Bertz CT molecular complexity index is 341. The first-order chi connectivity index (χ1) is 7.31. The molecule has 1 fully saturated rings. The Kier molecular flexibility index (Phi) is 2.99. The second-order valence-corrected chi connectivity index (χ2v) is 3.95. The molecule has 0 aromatic carbocycles. The van der Waals surface area contributed by atoms with Gasteiger partial charge in [-0.15, -0.1) is 5.10 Å². The maximum atomic E-state index is 11.3. The molecule has 2 rings (SSSR count). The summed E-state index contributed by atoms with van der Waals surface area (Å²) in [5.41, 5.74) is 0.406. The molecular formula is C10H16N4O. The van der Waals surface area contributed by atoms with Gasteiger partial charge < -0.3 is 5.32 Å². The fourth-order valence-corrected chi connectivity index (χ4v) is 2.03. The summed E-state index contributed by atoms with van der Waals surface area (Å²) in [6.45, 7) is 0. The number of aromatic nitrogens is 3. The Balaban J connectivity index is 2.08. The normalized spacial score (nSPS) is 17.7. The monoisotopic (exact) mass is 208 g/mol. The van der Waals surface area contributed by atoms with E-state index < -0.39 is 0 Å². The van der Waals surface area contributed by atoms with Crippen molar-refractivity contribution in [2.24, 2.45) is 0 Å². The molecule has 0 unspecified atom stereocenters. The lowest BCUT2D eigenvalue weighted by molar-refractivity contribution is 0.0958. The van der Waals surface area contributed by atoms with E-state index >= 15 is 0 Å². The third-order valence-electron chi connectivity index (χ3n) is 2.92. The molecule has 1 aromatic heterocycles. The molecule has 1 aromatic rings. The van der Waals surface area contributed by atoms with Crippen molar-refractivity contribution in [2.75, 3.05) is 7.05 Å². The minimum absolute atomic E-state index is 0.169. The van der Waals surface area contributed by atoms with Gasteiger partial charge in [0.15, 0.2) is 5.69 Å². The van der Waals surface area contributed by atoms with Crippen LogP contribution in [-0.4, -0.2) is 27.9 Å². The van der Waals surface area contributed by atoms with Gasteiger partial charge in [-0.2, -0.15) is 0 Å². The Morgan fingerprint density at radius 2 is 2.20 bits per heavy atom. The Hall–Kier alpha value is -1.39. The van der Waals surface area contributed by atoms with Crippen molar-refractivity contribution in [1.82, 2.24) is 20.3 Å². The third-order valence-corrected chi connectivity index (χ3v) is 2.92. The van der Waals surface area contributed by atoms with E-state index in [1.807, 2.05) is 4.68 Å². The van der Waals surface area contributed by atoms with E-state index in [0.717, 1.165) is 12.8 Å². The lowest BCUT2D eigenvalue weighted by Gasteiger charge is -2.20. The van der Waals surface area contributed by atoms with E-state index in [1.165, 1.54) is 19.3 Å². The largest absolute Gasteiger partial charge is 0.354 e. The SMILES string of the molecule is CNC(=O)c1cn(C2CCCCC2)nn1.